The molecule has 0 atom stereocenters. The lowest BCUT2D eigenvalue weighted by Gasteiger charge is -1.92. The first-order valence-electron chi connectivity index (χ1n) is 4.50. The second-order valence-corrected chi connectivity index (χ2v) is 2.02. The maximum Gasteiger partial charge on any atom is 0.159 e. The van der Waals surface area contributed by atoms with Crippen LogP contribution in [-0.4, -0.2) is 5.78 Å². The molecule has 0 fully saturated rings. The van der Waals surface area contributed by atoms with Gasteiger partial charge in [-0.05, 0) is 19.0 Å². The highest BCUT2D eigenvalue weighted by molar-refractivity contribution is 5.94. The van der Waals surface area contributed by atoms with Gasteiger partial charge < -0.3 is 0 Å². The van der Waals surface area contributed by atoms with Crippen LogP contribution < -0.4 is 0 Å². The van der Waals surface area contributed by atoms with Crippen LogP contribution in [0.2, 0.25) is 0 Å². The molecule has 54 valence electrons. The minimum Gasteiger partial charge on any atom is -0.295 e. The normalized spacial score (nSPS) is 13.9. The highest BCUT2D eigenvalue weighted by atomic mass is 16.1. The standard InChI is InChI=1S/C9H7NO/c1-7(11)9-4-2-8(6-10)3-5-9/h2-5H,1H3/i1D3. The predicted octanol–water partition coefficient (Wildman–Crippen LogP) is 1.76. The topological polar surface area (TPSA) is 40.9 Å². The molecule has 0 aromatic heterocycles. The van der Waals surface area contributed by atoms with E-state index in [1.165, 1.54) is 24.3 Å². The minimum absolute atomic E-state index is 0.101. The number of carbonyl (C=O) groups excluding carboxylic acids is 1. The number of Topliss-reactive ketones (excluding diaryl/α,β-unsaturated/α-hetero) is 1. The van der Waals surface area contributed by atoms with E-state index in [2.05, 4.69) is 0 Å². The summed E-state index contributed by atoms with van der Waals surface area (Å²) in [6, 6.07) is 7.39. The zero-order valence-electron chi connectivity index (χ0n) is 8.66. The third-order valence-electron chi connectivity index (χ3n) is 1.28. The van der Waals surface area contributed by atoms with E-state index in [0.29, 0.717) is 5.56 Å². The molecule has 0 aliphatic heterocycles. The van der Waals surface area contributed by atoms with Crippen molar-refractivity contribution in [3.05, 3.63) is 35.4 Å². The summed E-state index contributed by atoms with van der Waals surface area (Å²) in [5.74, 6) is -0.901. The molecule has 11 heavy (non-hydrogen) atoms. The van der Waals surface area contributed by atoms with Crippen LogP contribution in [0.25, 0.3) is 0 Å². The molecule has 0 radical (unpaired) electrons. The molecule has 0 unspecified atom stereocenters. The fourth-order valence-corrected chi connectivity index (χ4v) is 0.696. The first-order valence-corrected chi connectivity index (χ1v) is 3.00. The summed E-state index contributed by atoms with van der Waals surface area (Å²) in [6.45, 7) is -2.62. The molecule has 2 heteroatoms. The molecule has 0 heterocycles. The van der Waals surface area contributed by atoms with Crippen molar-refractivity contribution in [2.75, 3.05) is 0 Å². The lowest BCUT2D eigenvalue weighted by molar-refractivity contribution is 0.101. The summed E-state index contributed by atoms with van der Waals surface area (Å²) in [6.07, 6.45) is 0. The van der Waals surface area contributed by atoms with Gasteiger partial charge in [0.2, 0.25) is 0 Å². The molecule has 1 aromatic rings. The summed E-state index contributed by atoms with van der Waals surface area (Å²) in [5.41, 5.74) is 0.496. The van der Waals surface area contributed by atoms with Crippen LogP contribution in [0, 0.1) is 11.3 Å². The SMILES string of the molecule is [2H]C([2H])([2H])C(=O)c1ccc(C#N)cc1. The first-order chi connectivity index (χ1) is 6.45. The van der Waals surface area contributed by atoms with Crippen molar-refractivity contribution in [1.82, 2.24) is 0 Å². The average Bonchev–Trinajstić information content (AvgIpc) is 2.15. The quantitative estimate of drug-likeness (QED) is 0.569. The monoisotopic (exact) mass is 148 g/mol. The van der Waals surface area contributed by atoms with E-state index >= 15 is 0 Å². The first kappa shape index (κ1) is 4.30. The van der Waals surface area contributed by atoms with E-state index in [0.717, 1.165) is 0 Å². The number of hydrogen-bond acceptors (Lipinski definition) is 2. The van der Waals surface area contributed by atoms with Gasteiger partial charge in [0, 0.05) is 9.68 Å². The van der Waals surface area contributed by atoms with Gasteiger partial charge in [0.05, 0.1) is 11.6 Å². The molecule has 1 rings (SSSR count). The van der Waals surface area contributed by atoms with E-state index in [1.807, 2.05) is 6.07 Å². The van der Waals surface area contributed by atoms with Gasteiger partial charge in [0.25, 0.3) is 0 Å². The second kappa shape index (κ2) is 2.98. The predicted molar refractivity (Wildman–Crippen MR) is 41.2 cm³/mol. The molecular weight excluding hydrogens is 138 g/mol. The summed E-state index contributed by atoms with van der Waals surface area (Å²) in [7, 11) is 0. The minimum atomic E-state index is -2.62. The van der Waals surface area contributed by atoms with Crippen LogP contribution in [0.3, 0.4) is 0 Å². The molecule has 0 bridgehead atoms. The molecule has 0 N–H and O–H groups in total. The van der Waals surface area contributed by atoms with Crippen molar-refractivity contribution in [2.24, 2.45) is 0 Å². The summed E-state index contributed by atoms with van der Waals surface area (Å²) in [5, 5.41) is 8.48. The third-order valence-corrected chi connectivity index (χ3v) is 1.28. The van der Waals surface area contributed by atoms with Gasteiger partial charge in [-0.15, -0.1) is 0 Å². The van der Waals surface area contributed by atoms with E-state index < -0.39 is 12.6 Å². The van der Waals surface area contributed by atoms with Crippen molar-refractivity contribution in [3.8, 4) is 6.07 Å². The van der Waals surface area contributed by atoms with Crippen LogP contribution in [-0.2, 0) is 0 Å². The van der Waals surface area contributed by atoms with Crippen LogP contribution in [0.5, 0.6) is 0 Å². The third kappa shape index (κ3) is 1.65. The van der Waals surface area contributed by atoms with Crippen molar-refractivity contribution in [3.63, 3.8) is 0 Å². The Hall–Kier alpha value is -1.62. The van der Waals surface area contributed by atoms with E-state index in [-0.39, 0.29) is 5.56 Å². The number of nitrogens with zero attached hydrogens (tertiary/aromatic N) is 1. The Balaban J connectivity index is 3.00. The van der Waals surface area contributed by atoms with Gasteiger partial charge in [-0.1, -0.05) is 12.1 Å². The van der Waals surface area contributed by atoms with E-state index in [1.54, 1.807) is 0 Å². The molecule has 0 amide bonds. The second-order valence-electron chi connectivity index (χ2n) is 2.02. The van der Waals surface area contributed by atoms with Crippen molar-refractivity contribution in [2.45, 2.75) is 6.85 Å². The van der Waals surface area contributed by atoms with Gasteiger partial charge in [0.15, 0.2) is 5.78 Å². The Bertz CT molecular complexity index is 386. The zero-order chi connectivity index (χ0) is 10.8. The molecular formula is C9H7NO. The van der Waals surface area contributed by atoms with Crippen LogP contribution in [0.4, 0.5) is 0 Å². The Kier molecular flexibility index (Phi) is 1.16. The van der Waals surface area contributed by atoms with Gasteiger partial charge in [-0.2, -0.15) is 5.26 Å². The molecule has 0 aliphatic rings. The number of hydrogen-bond donors (Lipinski definition) is 0. The Morgan fingerprint density at radius 3 is 2.64 bits per heavy atom. The average molecular weight is 148 g/mol. The van der Waals surface area contributed by atoms with Crippen molar-refractivity contribution in [1.29, 1.82) is 5.26 Å². The summed E-state index contributed by atoms with van der Waals surface area (Å²) < 4.78 is 20.7. The molecule has 0 aliphatic carbocycles. The lowest BCUT2D eigenvalue weighted by atomic mass is 10.1. The maximum atomic E-state index is 11.2. The van der Waals surface area contributed by atoms with Crippen molar-refractivity contribution >= 4 is 5.78 Å². The molecule has 2 nitrogen and oxygen atoms in total. The fraction of sp³-hybridized carbons (Fsp3) is 0.111. The van der Waals surface area contributed by atoms with E-state index in [9.17, 15) is 4.79 Å². The zero-order valence-corrected chi connectivity index (χ0v) is 5.66. The summed E-state index contributed by atoms with van der Waals surface area (Å²) >= 11 is 0. The Morgan fingerprint density at radius 1 is 1.55 bits per heavy atom. The van der Waals surface area contributed by atoms with Gasteiger partial charge in [-0.25, -0.2) is 0 Å². The van der Waals surface area contributed by atoms with Crippen LogP contribution >= 0.6 is 0 Å². The largest absolute Gasteiger partial charge is 0.295 e. The molecule has 0 saturated carbocycles. The highest BCUT2D eigenvalue weighted by Crippen LogP contribution is 2.03. The fourth-order valence-electron chi connectivity index (χ4n) is 0.696. The number of carbonyl (C=O) groups is 1. The Labute approximate surface area is 69.3 Å². The lowest BCUT2D eigenvalue weighted by Crippen LogP contribution is -1.90. The highest BCUT2D eigenvalue weighted by Gasteiger charge is 1.96. The van der Waals surface area contributed by atoms with Crippen molar-refractivity contribution < 1.29 is 8.91 Å². The van der Waals surface area contributed by atoms with Gasteiger partial charge in [-0.3, -0.25) is 4.79 Å². The van der Waals surface area contributed by atoms with Gasteiger partial charge >= 0.3 is 0 Å². The number of ketones is 1. The van der Waals surface area contributed by atoms with Gasteiger partial charge in [0.1, 0.15) is 0 Å². The molecule has 0 saturated heterocycles. The maximum absolute atomic E-state index is 11.2. The summed E-state index contributed by atoms with van der Waals surface area (Å²) in [4.78, 5) is 11.2. The van der Waals surface area contributed by atoms with E-state index in [4.69, 9.17) is 9.37 Å². The van der Waals surface area contributed by atoms with Crippen LogP contribution in [0.1, 0.15) is 26.9 Å². The number of nitriles is 1. The number of rotatable bonds is 1. The number of benzene rings is 1. The molecule has 1 aromatic carbocycles. The van der Waals surface area contributed by atoms with Crippen LogP contribution in [0.15, 0.2) is 24.3 Å². The molecule has 0 spiro atoms. The smallest absolute Gasteiger partial charge is 0.159 e. The Morgan fingerprint density at radius 2 is 2.18 bits per heavy atom.